The van der Waals surface area contributed by atoms with E-state index < -0.39 is 0 Å². The molecule has 0 radical (unpaired) electrons. The summed E-state index contributed by atoms with van der Waals surface area (Å²) in [6, 6.07) is 0.506. The van der Waals surface area contributed by atoms with E-state index in [1.54, 1.807) is 0 Å². The van der Waals surface area contributed by atoms with Crippen molar-refractivity contribution in [2.24, 2.45) is 11.7 Å². The molecule has 3 unspecified atom stereocenters. The van der Waals surface area contributed by atoms with Gasteiger partial charge in [0.1, 0.15) is 0 Å². The molecule has 0 aromatic rings. The number of nitrogens with two attached hydrogens (primary N) is 1. The van der Waals surface area contributed by atoms with E-state index in [0.29, 0.717) is 12.1 Å². The standard InChI is InChI=1S/C10H19NO/c11-10-6-4-8(10)3-5-9-2-1-7-12-9/h8-10H,1-7,11H2. The van der Waals surface area contributed by atoms with Crippen LogP contribution >= 0.6 is 0 Å². The van der Waals surface area contributed by atoms with Gasteiger partial charge in [-0.1, -0.05) is 0 Å². The third-order valence-corrected chi connectivity index (χ3v) is 3.36. The molecule has 1 heterocycles. The summed E-state index contributed by atoms with van der Waals surface area (Å²) in [6.45, 7) is 0.987. The smallest absolute Gasteiger partial charge is 0.0576 e. The molecule has 1 saturated heterocycles. The van der Waals surface area contributed by atoms with Crippen LogP contribution in [-0.4, -0.2) is 18.8 Å². The van der Waals surface area contributed by atoms with Crippen LogP contribution in [0.5, 0.6) is 0 Å². The van der Waals surface area contributed by atoms with Crippen LogP contribution in [0.25, 0.3) is 0 Å². The van der Waals surface area contributed by atoms with Gasteiger partial charge in [0, 0.05) is 12.6 Å². The Bertz CT molecular complexity index is 141. The van der Waals surface area contributed by atoms with Gasteiger partial charge in [0.25, 0.3) is 0 Å². The van der Waals surface area contributed by atoms with Gasteiger partial charge < -0.3 is 10.5 Å². The molecular formula is C10H19NO. The maximum Gasteiger partial charge on any atom is 0.0576 e. The quantitative estimate of drug-likeness (QED) is 0.697. The zero-order valence-electron chi connectivity index (χ0n) is 7.67. The first kappa shape index (κ1) is 8.52. The van der Waals surface area contributed by atoms with Gasteiger partial charge in [-0.05, 0) is 44.4 Å². The predicted octanol–water partition coefficient (Wildman–Crippen LogP) is 1.68. The van der Waals surface area contributed by atoms with Crippen molar-refractivity contribution in [3.05, 3.63) is 0 Å². The van der Waals surface area contributed by atoms with Gasteiger partial charge in [-0.2, -0.15) is 0 Å². The van der Waals surface area contributed by atoms with Crippen LogP contribution < -0.4 is 5.73 Å². The maximum absolute atomic E-state index is 5.87. The highest BCUT2D eigenvalue weighted by Crippen LogP contribution is 2.31. The third kappa shape index (κ3) is 1.80. The molecule has 1 aliphatic carbocycles. The molecule has 2 fully saturated rings. The maximum atomic E-state index is 5.87. The number of hydrogen-bond donors (Lipinski definition) is 1. The van der Waals surface area contributed by atoms with Gasteiger partial charge in [0.2, 0.25) is 0 Å². The highest BCUT2D eigenvalue weighted by atomic mass is 16.5. The monoisotopic (exact) mass is 169 g/mol. The fraction of sp³-hybridized carbons (Fsp3) is 1.00. The molecule has 1 saturated carbocycles. The lowest BCUT2D eigenvalue weighted by atomic mass is 9.77. The molecule has 2 aliphatic rings. The summed E-state index contributed by atoms with van der Waals surface area (Å²) in [5.74, 6) is 0.814. The first-order chi connectivity index (χ1) is 5.86. The molecule has 3 atom stereocenters. The molecule has 2 nitrogen and oxygen atoms in total. The van der Waals surface area contributed by atoms with Gasteiger partial charge in [0.15, 0.2) is 0 Å². The summed E-state index contributed by atoms with van der Waals surface area (Å²) in [7, 11) is 0. The Morgan fingerprint density at radius 1 is 1.17 bits per heavy atom. The molecule has 0 aromatic carbocycles. The second-order valence-corrected chi connectivity index (χ2v) is 4.21. The average molecular weight is 169 g/mol. The SMILES string of the molecule is NC1CCC1CCC1CCCO1. The number of hydrogen-bond acceptors (Lipinski definition) is 2. The Morgan fingerprint density at radius 3 is 2.58 bits per heavy atom. The molecule has 0 spiro atoms. The number of ether oxygens (including phenoxy) is 1. The van der Waals surface area contributed by atoms with Crippen molar-refractivity contribution >= 4 is 0 Å². The van der Waals surface area contributed by atoms with Crippen LogP contribution in [-0.2, 0) is 4.74 Å². The Kier molecular flexibility index (Phi) is 2.66. The van der Waals surface area contributed by atoms with Crippen LogP contribution in [0.4, 0.5) is 0 Å². The van der Waals surface area contributed by atoms with Crippen molar-refractivity contribution in [1.29, 1.82) is 0 Å². The van der Waals surface area contributed by atoms with Crippen molar-refractivity contribution < 1.29 is 4.74 Å². The van der Waals surface area contributed by atoms with Crippen molar-refractivity contribution in [2.45, 2.75) is 50.7 Å². The van der Waals surface area contributed by atoms with Crippen LogP contribution in [0.3, 0.4) is 0 Å². The summed E-state index contributed by atoms with van der Waals surface area (Å²) in [5.41, 5.74) is 5.87. The van der Waals surface area contributed by atoms with Gasteiger partial charge in [-0.15, -0.1) is 0 Å². The molecule has 2 rings (SSSR count). The molecule has 1 aliphatic heterocycles. The zero-order chi connectivity index (χ0) is 8.39. The minimum absolute atomic E-state index is 0.506. The Hall–Kier alpha value is -0.0800. The normalized spacial score (nSPS) is 41.2. The van der Waals surface area contributed by atoms with E-state index in [1.165, 1.54) is 38.5 Å². The van der Waals surface area contributed by atoms with E-state index in [-0.39, 0.29) is 0 Å². The Balaban J connectivity index is 1.61. The summed E-state index contributed by atoms with van der Waals surface area (Å²) in [6.07, 6.45) is 8.26. The zero-order valence-corrected chi connectivity index (χ0v) is 7.67. The fourth-order valence-electron chi connectivity index (χ4n) is 2.23. The Labute approximate surface area is 74.5 Å². The molecule has 0 bridgehead atoms. The average Bonchev–Trinajstić information content (AvgIpc) is 2.54. The first-order valence-electron chi connectivity index (χ1n) is 5.23. The molecule has 0 aromatic heterocycles. The Morgan fingerprint density at radius 2 is 2.08 bits per heavy atom. The minimum atomic E-state index is 0.506. The molecule has 2 N–H and O–H groups in total. The highest BCUT2D eigenvalue weighted by molar-refractivity contribution is 4.84. The number of rotatable bonds is 3. The lowest BCUT2D eigenvalue weighted by Crippen LogP contribution is -2.39. The minimum Gasteiger partial charge on any atom is -0.378 e. The predicted molar refractivity (Wildman–Crippen MR) is 48.9 cm³/mol. The van der Waals surface area contributed by atoms with Gasteiger partial charge in [-0.3, -0.25) is 0 Å². The molecule has 70 valence electrons. The van der Waals surface area contributed by atoms with Gasteiger partial charge >= 0.3 is 0 Å². The van der Waals surface area contributed by atoms with Crippen LogP contribution in [0.2, 0.25) is 0 Å². The topological polar surface area (TPSA) is 35.2 Å². The van der Waals surface area contributed by atoms with Gasteiger partial charge in [-0.25, -0.2) is 0 Å². The molecule has 12 heavy (non-hydrogen) atoms. The van der Waals surface area contributed by atoms with Crippen molar-refractivity contribution in [2.75, 3.05) is 6.61 Å². The molecular weight excluding hydrogens is 150 g/mol. The van der Waals surface area contributed by atoms with E-state index in [4.69, 9.17) is 10.5 Å². The van der Waals surface area contributed by atoms with E-state index in [2.05, 4.69) is 0 Å². The van der Waals surface area contributed by atoms with Crippen molar-refractivity contribution in [3.8, 4) is 0 Å². The molecule has 0 amide bonds. The lowest BCUT2D eigenvalue weighted by Gasteiger charge is -2.34. The van der Waals surface area contributed by atoms with Crippen LogP contribution in [0, 0.1) is 5.92 Å². The van der Waals surface area contributed by atoms with Crippen molar-refractivity contribution in [1.82, 2.24) is 0 Å². The lowest BCUT2D eigenvalue weighted by molar-refractivity contribution is 0.0900. The summed E-state index contributed by atoms with van der Waals surface area (Å²) in [4.78, 5) is 0. The fourth-order valence-corrected chi connectivity index (χ4v) is 2.23. The summed E-state index contributed by atoms with van der Waals surface area (Å²) in [5, 5.41) is 0. The first-order valence-corrected chi connectivity index (χ1v) is 5.23. The third-order valence-electron chi connectivity index (χ3n) is 3.36. The van der Waals surface area contributed by atoms with E-state index in [9.17, 15) is 0 Å². The van der Waals surface area contributed by atoms with Crippen molar-refractivity contribution in [3.63, 3.8) is 0 Å². The highest BCUT2D eigenvalue weighted by Gasteiger charge is 2.28. The van der Waals surface area contributed by atoms with Crippen LogP contribution in [0.1, 0.15) is 38.5 Å². The van der Waals surface area contributed by atoms with Crippen LogP contribution in [0.15, 0.2) is 0 Å². The van der Waals surface area contributed by atoms with E-state index in [0.717, 1.165) is 12.5 Å². The second kappa shape index (κ2) is 3.75. The molecule has 2 heteroatoms. The second-order valence-electron chi connectivity index (χ2n) is 4.21. The largest absolute Gasteiger partial charge is 0.378 e. The van der Waals surface area contributed by atoms with E-state index >= 15 is 0 Å². The van der Waals surface area contributed by atoms with Gasteiger partial charge in [0.05, 0.1) is 6.10 Å². The van der Waals surface area contributed by atoms with E-state index in [1.807, 2.05) is 0 Å². The summed E-state index contributed by atoms with van der Waals surface area (Å²) >= 11 is 0. The summed E-state index contributed by atoms with van der Waals surface area (Å²) < 4.78 is 5.57.